The quantitative estimate of drug-likeness (QED) is 0.110. The maximum Gasteiger partial charge on any atom is 0.416 e. The molecule has 1 aromatic heterocycles. The lowest BCUT2D eigenvalue weighted by Gasteiger charge is -2.40. The summed E-state index contributed by atoms with van der Waals surface area (Å²) in [6.45, 7) is 10.6. The SMILES string of the molecule is CCC(C)C(NC(=O)C1CCCCN1C)C(=O)N(CCOC)C(CC(OCOC)c1nc(C(=O)NC(Cc2ccc(C(F)(F)F)cc2)CC(C)C(=O)O)cs1)C(C)C. The predicted molar refractivity (Wildman–Crippen MR) is 214 cm³/mol. The normalized spacial score (nSPS) is 18.2. The number of thiazole rings is 1. The Bertz CT molecular complexity index is 1610. The molecule has 0 saturated carbocycles. The van der Waals surface area contributed by atoms with Crippen molar-refractivity contribution < 1.29 is 51.7 Å². The smallest absolute Gasteiger partial charge is 0.416 e. The van der Waals surface area contributed by atoms with Gasteiger partial charge >= 0.3 is 12.1 Å². The van der Waals surface area contributed by atoms with Gasteiger partial charge < -0.3 is 34.9 Å². The molecule has 3 N–H and O–H groups in total. The number of nitrogens with zero attached hydrogens (tertiary/aromatic N) is 3. The molecule has 0 spiro atoms. The fourth-order valence-corrected chi connectivity index (χ4v) is 8.01. The molecule has 1 fully saturated rings. The summed E-state index contributed by atoms with van der Waals surface area (Å²) in [5, 5.41) is 17.5. The molecule has 13 nitrogen and oxygen atoms in total. The van der Waals surface area contributed by atoms with Gasteiger partial charge in [0.15, 0.2) is 0 Å². The number of alkyl halides is 3. The number of methoxy groups -OCH3 is 2. The van der Waals surface area contributed by atoms with Gasteiger partial charge in [-0.25, -0.2) is 4.98 Å². The highest BCUT2D eigenvalue weighted by molar-refractivity contribution is 7.09. The van der Waals surface area contributed by atoms with Crippen LogP contribution in [0.2, 0.25) is 0 Å². The third-order valence-corrected chi connectivity index (χ3v) is 11.8. The van der Waals surface area contributed by atoms with Crippen molar-refractivity contribution in [2.24, 2.45) is 17.8 Å². The van der Waals surface area contributed by atoms with E-state index in [1.807, 2.05) is 39.6 Å². The molecule has 7 unspecified atom stereocenters. The van der Waals surface area contributed by atoms with Crippen molar-refractivity contribution in [1.82, 2.24) is 25.4 Å². The summed E-state index contributed by atoms with van der Waals surface area (Å²) in [5.41, 5.74) is -0.273. The van der Waals surface area contributed by atoms with Gasteiger partial charge in [-0.05, 0) is 68.8 Å². The Morgan fingerprint density at radius 2 is 1.72 bits per heavy atom. The first-order valence-electron chi connectivity index (χ1n) is 20.0. The van der Waals surface area contributed by atoms with E-state index >= 15 is 0 Å². The number of ether oxygens (including phenoxy) is 3. The highest BCUT2D eigenvalue weighted by atomic mass is 32.1. The zero-order valence-electron chi connectivity index (χ0n) is 35.0. The van der Waals surface area contributed by atoms with E-state index in [4.69, 9.17) is 14.2 Å². The Morgan fingerprint density at radius 1 is 1.03 bits per heavy atom. The number of carbonyl (C=O) groups is 4. The number of carbonyl (C=O) groups excluding carboxylic acids is 3. The van der Waals surface area contributed by atoms with Gasteiger partial charge in [-0.15, -0.1) is 11.3 Å². The molecule has 1 saturated heterocycles. The molecule has 2 heterocycles. The van der Waals surface area contributed by atoms with E-state index in [2.05, 4.69) is 15.6 Å². The molecule has 1 aliphatic heterocycles. The number of likely N-dealkylation sites (N-methyl/N-ethyl adjacent to an activating group) is 1. The first-order valence-corrected chi connectivity index (χ1v) is 20.8. The van der Waals surface area contributed by atoms with Crippen LogP contribution in [0.1, 0.15) is 106 Å². The number of aromatic nitrogens is 1. The Balaban J connectivity index is 1.89. The minimum absolute atomic E-state index is 0.0233. The van der Waals surface area contributed by atoms with Gasteiger partial charge in [-0.3, -0.25) is 24.1 Å². The molecule has 58 heavy (non-hydrogen) atoms. The van der Waals surface area contributed by atoms with Gasteiger partial charge in [0.2, 0.25) is 11.8 Å². The monoisotopic (exact) mass is 841 g/mol. The molecule has 2 aromatic rings. The maximum atomic E-state index is 14.7. The van der Waals surface area contributed by atoms with E-state index < -0.39 is 53.8 Å². The maximum absolute atomic E-state index is 14.7. The number of likely N-dealkylation sites (tertiary alicyclic amines) is 1. The summed E-state index contributed by atoms with van der Waals surface area (Å²) < 4.78 is 56.4. The molecule has 3 amide bonds. The zero-order valence-corrected chi connectivity index (χ0v) is 35.8. The summed E-state index contributed by atoms with van der Waals surface area (Å²) in [6, 6.07) is 2.28. The van der Waals surface area contributed by atoms with E-state index in [1.165, 1.54) is 37.5 Å². The zero-order chi connectivity index (χ0) is 43.2. The molecule has 326 valence electrons. The van der Waals surface area contributed by atoms with Gasteiger partial charge in [0.1, 0.15) is 29.6 Å². The topological polar surface area (TPSA) is 160 Å². The van der Waals surface area contributed by atoms with E-state index in [1.54, 1.807) is 17.4 Å². The fourth-order valence-electron chi connectivity index (χ4n) is 7.15. The number of aliphatic carboxylic acids is 1. The first kappa shape index (κ1) is 48.7. The van der Waals surface area contributed by atoms with Crippen LogP contribution in [-0.4, -0.2) is 116 Å². The van der Waals surface area contributed by atoms with Crippen LogP contribution in [0.4, 0.5) is 13.2 Å². The largest absolute Gasteiger partial charge is 0.481 e. The van der Waals surface area contributed by atoms with Crippen molar-refractivity contribution in [3.63, 3.8) is 0 Å². The molecule has 0 aliphatic carbocycles. The summed E-state index contributed by atoms with van der Waals surface area (Å²) in [4.78, 5) is 62.1. The molecule has 0 radical (unpaired) electrons. The second-order valence-electron chi connectivity index (χ2n) is 15.6. The second kappa shape index (κ2) is 23.2. The molecule has 17 heteroatoms. The third-order valence-electron chi connectivity index (χ3n) is 10.9. The van der Waals surface area contributed by atoms with E-state index in [0.29, 0.717) is 17.0 Å². The van der Waals surface area contributed by atoms with Crippen molar-refractivity contribution in [1.29, 1.82) is 0 Å². The number of benzene rings is 1. The van der Waals surface area contributed by atoms with Crippen LogP contribution in [0, 0.1) is 17.8 Å². The number of amides is 3. The number of carboxylic acids is 1. The van der Waals surface area contributed by atoms with Crippen LogP contribution in [0.25, 0.3) is 0 Å². The van der Waals surface area contributed by atoms with Crippen molar-refractivity contribution in [2.45, 2.75) is 116 Å². The Labute approximate surface area is 344 Å². The Morgan fingerprint density at radius 3 is 2.29 bits per heavy atom. The number of piperidine rings is 1. The summed E-state index contributed by atoms with van der Waals surface area (Å²) in [6.07, 6.45) is -1.51. The minimum atomic E-state index is -4.51. The average molecular weight is 842 g/mol. The lowest BCUT2D eigenvalue weighted by molar-refractivity contribution is -0.144. The first-order chi connectivity index (χ1) is 27.4. The second-order valence-corrected chi connectivity index (χ2v) is 16.5. The van der Waals surface area contributed by atoms with Crippen LogP contribution >= 0.6 is 11.3 Å². The number of carboxylic acid groups (broad SMARTS) is 1. The fraction of sp³-hybridized carbons (Fsp3) is 0.683. The van der Waals surface area contributed by atoms with Gasteiger partial charge in [0, 0.05) is 44.6 Å². The van der Waals surface area contributed by atoms with Gasteiger partial charge in [0.05, 0.1) is 24.1 Å². The highest BCUT2D eigenvalue weighted by Gasteiger charge is 2.38. The Hall–Kier alpha value is -3.64. The molecule has 0 bridgehead atoms. The molecular weight excluding hydrogens is 780 g/mol. The van der Waals surface area contributed by atoms with E-state index in [-0.39, 0.29) is 74.6 Å². The molecule has 1 aromatic carbocycles. The predicted octanol–water partition coefficient (Wildman–Crippen LogP) is 6.18. The highest BCUT2D eigenvalue weighted by Crippen LogP contribution is 2.32. The number of rotatable bonds is 23. The lowest BCUT2D eigenvalue weighted by Crippen LogP contribution is -2.59. The van der Waals surface area contributed by atoms with Crippen LogP contribution in [0.15, 0.2) is 29.6 Å². The van der Waals surface area contributed by atoms with Crippen molar-refractivity contribution in [3.8, 4) is 0 Å². The minimum Gasteiger partial charge on any atom is -0.481 e. The number of hydrogen-bond acceptors (Lipinski definition) is 10. The summed E-state index contributed by atoms with van der Waals surface area (Å²) >= 11 is 1.18. The number of nitrogens with one attached hydrogen (secondary N) is 2. The number of halogens is 3. The van der Waals surface area contributed by atoms with Crippen molar-refractivity contribution in [3.05, 3.63) is 51.5 Å². The van der Waals surface area contributed by atoms with Crippen LogP contribution in [0.5, 0.6) is 0 Å². The molecule has 1 aliphatic rings. The van der Waals surface area contributed by atoms with Crippen LogP contribution in [-0.2, 0) is 41.2 Å². The van der Waals surface area contributed by atoms with E-state index in [9.17, 15) is 37.5 Å². The van der Waals surface area contributed by atoms with Crippen LogP contribution in [0.3, 0.4) is 0 Å². The van der Waals surface area contributed by atoms with Gasteiger partial charge in [-0.1, -0.05) is 59.6 Å². The molecular formula is C41H62F3N5O8S. The summed E-state index contributed by atoms with van der Waals surface area (Å²) in [7, 11) is 4.96. The van der Waals surface area contributed by atoms with Gasteiger partial charge in [-0.2, -0.15) is 13.2 Å². The van der Waals surface area contributed by atoms with E-state index in [0.717, 1.165) is 37.9 Å². The van der Waals surface area contributed by atoms with Crippen molar-refractivity contribution >= 4 is 35.0 Å². The molecule has 3 rings (SSSR count). The van der Waals surface area contributed by atoms with Gasteiger partial charge in [0.25, 0.3) is 5.91 Å². The standard InChI is InChI=1S/C41H62F3N5O8S/c1-9-26(4)35(47-37(51)32-12-10-11-17-48(32)6)39(52)49(18-19-55-7)33(25(2)3)22-34(57-24-56-8)38-46-31(23-58-38)36(50)45-30(20-27(5)40(53)54)21-28-13-15-29(16-14-28)41(42,43)44/h13-16,23,25-27,30,32-35H,9-12,17-22,24H2,1-8H3,(H,45,50)(H,47,51)(H,53,54). The molecule has 7 atom stereocenters. The Kier molecular flexibility index (Phi) is 19.5. The number of hydrogen-bond donors (Lipinski definition) is 3. The van der Waals surface area contributed by atoms with Crippen molar-refractivity contribution in [2.75, 3.05) is 47.8 Å². The summed E-state index contributed by atoms with van der Waals surface area (Å²) in [5.74, 6) is -3.15. The van der Waals surface area contributed by atoms with Crippen LogP contribution < -0.4 is 10.6 Å². The third kappa shape index (κ3) is 14.3. The average Bonchev–Trinajstić information content (AvgIpc) is 3.67. The lowest BCUT2D eigenvalue weighted by atomic mass is 9.92.